The maximum absolute atomic E-state index is 9.40. The first-order valence-electron chi connectivity index (χ1n) is 8.15. The Balaban J connectivity index is 1.63. The number of nitrogens with zero attached hydrogens (tertiary/aromatic N) is 1. The molecule has 0 fully saturated rings. The van der Waals surface area contributed by atoms with Crippen LogP contribution in [-0.4, -0.2) is 0 Å². The molecule has 24 heavy (non-hydrogen) atoms. The molecule has 1 heterocycles. The molecule has 3 rings (SSSR count). The minimum absolute atomic E-state index is 0.716. The average Bonchev–Trinajstić information content (AvgIpc) is 3.09. The first-order chi connectivity index (χ1) is 11.8. The lowest BCUT2D eigenvalue weighted by molar-refractivity contribution is 0.831. The van der Waals surface area contributed by atoms with Gasteiger partial charge in [0, 0.05) is 9.75 Å². The average molecular weight is 329 g/mol. The minimum Gasteiger partial charge on any atom is -0.192 e. The number of nitriles is 1. The molecule has 2 heteroatoms. The summed E-state index contributed by atoms with van der Waals surface area (Å²) in [7, 11) is 0. The van der Waals surface area contributed by atoms with Gasteiger partial charge in [0.2, 0.25) is 0 Å². The quantitative estimate of drug-likeness (QED) is 0.510. The highest BCUT2D eigenvalue weighted by molar-refractivity contribution is 7.12. The topological polar surface area (TPSA) is 23.8 Å². The van der Waals surface area contributed by atoms with Crippen LogP contribution in [0.2, 0.25) is 0 Å². The number of aryl methyl sites for hydroxylation is 2. The molecule has 1 nitrogen and oxygen atoms in total. The Kier molecular flexibility index (Phi) is 5.61. The van der Waals surface area contributed by atoms with E-state index in [4.69, 9.17) is 0 Å². The van der Waals surface area contributed by atoms with E-state index in [1.165, 1.54) is 10.4 Å². The van der Waals surface area contributed by atoms with Gasteiger partial charge in [-0.25, -0.2) is 0 Å². The molecule has 0 unspecified atom stereocenters. The summed E-state index contributed by atoms with van der Waals surface area (Å²) in [5.41, 5.74) is 3.08. The van der Waals surface area contributed by atoms with Crippen molar-refractivity contribution in [2.45, 2.75) is 19.3 Å². The van der Waals surface area contributed by atoms with E-state index in [9.17, 15) is 5.26 Å². The predicted octanol–water partition coefficient (Wildman–Crippen LogP) is 5.99. The van der Waals surface area contributed by atoms with Crippen molar-refractivity contribution in [1.82, 2.24) is 0 Å². The Labute approximate surface area is 147 Å². The maximum atomic E-state index is 9.40. The van der Waals surface area contributed by atoms with E-state index < -0.39 is 0 Å². The fraction of sp³-hybridized carbons (Fsp3) is 0.136. The molecule has 0 aliphatic heterocycles. The molecule has 0 saturated heterocycles. The molecule has 0 N–H and O–H groups in total. The summed E-state index contributed by atoms with van der Waals surface area (Å²) in [4.78, 5) is 2.52. The minimum atomic E-state index is 0.716. The van der Waals surface area contributed by atoms with Crippen LogP contribution in [0.15, 0.2) is 72.8 Å². The van der Waals surface area contributed by atoms with Gasteiger partial charge in [-0.1, -0.05) is 60.7 Å². The molecule has 3 aromatic rings. The second-order valence-electron chi connectivity index (χ2n) is 5.68. The molecule has 0 spiro atoms. The summed E-state index contributed by atoms with van der Waals surface area (Å²) in [5, 5.41) is 9.40. The molecule has 0 radical (unpaired) electrons. The van der Waals surface area contributed by atoms with Crippen LogP contribution >= 0.6 is 11.3 Å². The smallest absolute Gasteiger partial charge is 0.0998 e. The Morgan fingerprint density at radius 2 is 1.58 bits per heavy atom. The molecule has 118 valence electrons. The standard InChI is InChI=1S/C22H19NS/c23-17-20(19-11-5-2-6-12-19)16-22-15-14-21(24-22)13-7-10-18-8-3-1-4-9-18/h1-6,8-9,11-12,14-16H,7,10,13H2/b20-16+. The SMILES string of the molecule is N#C/C(=C\c1ccc(CCCc2ccccc2)s1)c1ccccc1. The van der Waals surface area contributed by atoms with Crippen LogP contribution in [0, 0.1) is 11.3 Å². The lowest BCUT2D eigenvalue weighted by Crippen LogP contribution is -1.87. The molecule has 0 aliphatic rings. The van der Waals surface area contributed by atoms with Crippen molar-refractivity contribution in [1.29, 1.82) is 5.26 Å². The van der Waals surface area contributed by atoms with Gasteiger partial charge in [0.05, 0.1) is 11.6 Å². The normalized spacial score (nSPS) is 11.2. The van der Waals surface area contributed by atoms with E-state index in [0.717, 1.165) is 29.7 Å². The van der Waals surface area contributed by atoms with Gasteiger partial charge >= 0.3 is 0 Å². The molecule has 1 aromatic heterocycles. The Morgan fingerprint density at radius 3 is 2.29 bits per heavy atom. The molecule has 0 bridgehead atoms. The van der Waals surface area contributed by atoms with Crippen LogP contribution < -0.4 is 0 Å². The van der Waals surface area contributed by atoms with Crippen molar-refractivity contribution < 1.29 is 0 Å². The monoisotopic (exact) mass is 329 g/mol. The molecule has 0 atom stereocenters. The van der Waals surface area contributed by atoms with Crippen LogP contribution in [-0.2, 0) is 12.8 Å². The van der Waals surface area contributed by atoms with Crippen LogP contribution in [0.4, 0.5) is 0 Å². The number of allylic oxidation sites excluding steroid dienone is 1. The number of benzene rings is 2. The van der Waals surface area contributed by atoms with Gasteiger partial charge in [0.25, 0.3) is 0 Å². The number of hydrogen-bond donors (Lipinski definition) is 0. The van der Waals surface area contributed by atoms with Crippen molar-refractivity contribution in [3.8, 4) is 6.07 Å². The van der Waals surface area contributed by atoms with Crippen LogP contribution in [0.5, 0.6) is 0 Å². The molecule has 2 aromatic carbocycles. The zero-order valence-corrected chi connectivity index (χ0v) is 14.3. The van der Waals surface area contributed by atoms with Crippen LogP contribution in [0.1, 0.15) is 27.3 Å². The first-order valence-corrected chi connectivity index (χ1v) is 8.96. The van der Waals surface area contributed by atoms with Crippen LogP contribution in [0.3, 0.4) is 0 Å². The number of rotatable bonds is 6. The molecular formula is C22H19NS. The van der Waals surface area contributed by atoms with E-state index in [0.29, 0.717) is 5.57 Å². The highest BCUT2D eigenvalue weighted by Crippen LogP contribution is 2.24. The van der Waals surface area contributed by atoms with E-state index in [-0.39, 0.29) is 0 Å². The lowest BCUT2D eigenvalue weighted by Gasteiger charge is -2.00. The van der Waals surface area contributed by atoms with Gasteiger partial charge in [-0.05, 0) is 48.6 Å². The summed E-state index contributed by atoms with van der Waals surface area (Å²) in [6, 6.07) is 27.1. The number of hydrogen-bond acceptors (Lipinski definition) is 2. The second kappa shape index (κ2) is 8.29. The second-order valence-corrected chi connectivity index (χ2v) is 6.88. The third kappa shape index (κ3) is 4.44. The molecule has 0 saturated carbocycles. The van der Waals surface area contributed by atoms with Crippen molar-refractivity contribution in [3.63, 3.8) is 0 Å². The first kappa shape index (κ1) is 16.2. The molecular weight excluding hydrogens is 310 g/mol. The summed E-state index contributed by atoms with van der Waals surface area (Å²) >= 11 is 1.78. The van der Waals surface area contributed by atoms with E-state index in [1.807, 2.05) is 36.4 Å². The maximum Gasteiger partial charge on any atom is 0.0998 e. The summed E-state index contributed by atoms with van der Waals surface area (Å²) in [6.45, 7) is 0. The third-order valence-corrected chi connectivity index (χ3v) is 5.00. The van der Waals surface area contributed by atoms with Gasteiger partial charge in [0.15, 0.2) is 0 Å². The summed E-state index contributed by atoms with van der Waals surface area (Å²) in [5.74, 6) is 0. The van der Waals surface area contributed by atoms with Gasteiger partial charge in [-0.3, -0.25) is 0 Å². The summed E-state index contributed by atoms with van der Waals surface area (Å²) in [6.07, 6.45) is 5.33. The fourth-order valence-electron chi connectivity index (χ4n) is 2.66. The van der Waals surface area contributed by atoms with Crippen molar-refractivity contribution in [2.75, 3.05) is 0 Å². The highest BCUT2D eigenvalue weighted by Gasteiger charge is 2.03. The van der Waals surface area contributed by atoms with Gasteiger partial charge in [-0.15, -0.1) is 11.3 Å². The molecule has 0 aliphatic carbocycles. The zero-order chi connectivity index (χ0) is 16.6. The van der Waals surface area contributed by atoms with E-state index in [2.05, 4.69) is 48.5 Å². The van der Waals surface area contributed by atoms with Crippen LogP contribution in [0.25, 0.3) is 11.6 Å². The third-order valence-electron chi connectivity index (χ3n) is 3.91. The molecule has 0 amide bonds. The predicted molar refractivity (Wildman–Crippen MR) is 103 cm³/mol. The largest absolute Gasteiger partial charge is 0.192 e. The van der Waals surface area contributed by atoms with Crippen molar-refractivity contribution in [2.24, 2.45) is 0 Å². The Bertz CT molecular complexity index is 838. The zero-order valence-electron chi connectivity index (χ0n) is 13.5. The lowest BCUT2D eigenvalue weighted by atomic mass is 10.1. The van der Waals surface area contributed by atoms with Gasteiger partial charge in [0.1, 0.15) is 0 Å². The summed E-state index contributed by atoms with van der Waals surface area (Å²) < 4.78 is 0. The van der Waals surface area contributed by atoms with E-state index in [1.54, 1.807) is 11.3 Å². The van der Waals surface area contributed by atoms with Gasteiger partial charge < -0.3 is 0 Å². The van der Waals surface area contributed by atoms with Crippen molar-refractivity contribution in [3.05, 3.63) is 93.7 Å². The Morgan fingerprint density at radius 1 is 0.875 bits per heavy atom. The van der Waals surface area contributed by atoms with Crippen molar-refractivity contribution >= 4 is 23.0 Å². The highest BCUT2D eigenvalue weighted by atomic mass is 32.1. The Hall–Kier alpha value is -2.63. The van der Waals surface area contributed by atoms with E-state index >= 15 is 0 Å². The fourth-order valence-corrected chi connectivity index (χ4v) is 3.66. The van der Waals surface area contributed by atoms with Gasteiger partial charge in [-0.2, -0.15) is 5.26 Å². The number of thiophene rings is 1.